The van der Waals surface area contributed by atoms with Gasteiger partial charge in [0.25, 0.3) is 5.96 Å². The molecule has 0 radical (unpaired) electrons. The zero-order valence-electron chi connectivity index (χ0n) is 10.6. The standard InChI is InChI=1S/C14H12N6/c15-13-18-12(10-6-3-4-8-16-10)20-11-7-2-1-5-9(11)17-14(20)19-13/h1-8,12H,(H3,15,17,18,19)/p+1/t12-/m0/s1. The predicted octanol–water partition coefficient (Wildman–Crippen LogP) is 1.14. The maximum atomic E-state index is 5.88. The Bertz CT molecular complexity index is 805. The van der Waals surface area contributed by atoms with Crippen molar-refractivity contribution < 1.29 is 4.57 Å². The highest BCUT2D eigenvalue weighted by atomic mass is 15.4. The zero-order valence-corrected chi connectivity index (χ0v) is 10.6. The second-order valence-electron chi connectivity index (χ2n) is 4.63. The molecule has 1 atom stereocenters. The average molecular weight is 265 g/mol. The molecule has 3 heterocycles. The highest BCUT2D eigenvalue weighted by Gasteiger charge is 2.31. The van der Waals surface area contributed by atoms with Crippen LogP contribution in [0.5, 0.6) is 0 Å². The Kier molecular flexibility index (Phi) is 2.23. The van der Waals surface area contributed by atoms with E-state index in [1.807, 2.05) is 42.5 Å². The van der Waals surface area contributed by atoms with Crippen molar-refractivity contribution in [1.29, 1.82) is 0 Å². The van der Waals surface area contributed by atoms with E-state index < -0.39 is 0 Å². The van der Waals surface area contributed by atoms with Gasteiger partial charge in [-0.15, -0.1) is 0 Å². The molecule has 0 fully saturated rings. The fourth-order valence-corrected chi connectivity index (χ4v) is 2.51. The first-order valence-electron chi connectivity index (χ1n) is 6.36. The summed E-state index contributed by atoms with van der Waals surface area (Å²) in [5, 5.41) is 3.06. The van der Waals surface area contributed by atoms with Crippen molar-refractivity contribution >= 4 is 22.9 Å². The van der Waals surface area contributed by atoms with Crippen LogP contribution in [0.1, 0.15) is 11.9 Å². The van der Waals surface area contributed by atoms with Crippen LogP contribution in [-0.4, -0.2) is 15.9 Å². The van der Waals surface area contributed by atoms with Crippen molar-refractivity contribution in [3.63, 3.8) is 0 Å². The lowest BCUT2D eigenvalue weighted by Crippen LogP contribution is -2.48. The monoisotopic (exact) mass is 265 g/mol. The molecule has 2 aromatic heterocycles. The molecule has 6 heteroatoms. The molecule has 0 spiro atoms. The summed E-state index contributed by atoms with van der Waals surface area (Å²) in [6.07, 6.45) is 1.50. The number of aliphatic imine (C=N–C) groups is 1. The number of H-pyrrole nitrogens is 1. The molecule has 98 valence electrons. The number of hydrogen-bond donors (Lipinski definition) is 3. The third-order valence-electron chi connectivity index (χ3n) is 3.36. The first-order chi connectivity index (χ1) is 9.83. The fourth-order valence-electron chi connectivity index (χ4n) is 2.51. The number of rotatable bonds is 1. The lowest BCUT2D eigenvalue weighted by atomic mass is 10.2. The zero-order chi connectivity index (χ0) is 13.5. The second kappa shape index (κ2) is 4.06. The topological polar surface area (TPSA) is 83.0 Å². The molecule has 0 aliphatic carbocycles. The highest BCUT2D eigenvalue weighted by Crippen LogP contribution is 2.22. The molecule has 1 aromatic carbocycles. The number of anilines is 1. The molecule has 0 bridgehead atoms. The van der Waals surface area contributed by atoms with E-state index in [-0.39, 0.29) is 6.17 Å². The van der Waals surface area contributed by atoms with Crippen LogP contribution in [0.2, 0.25) is 0 Å². The quantitative estimate of drug-likeness (QED) is 0.577. The predicted molar refractivity (Wildman–Crippen MR) is 76.1 cm³/mol. The molecule has 1 aliphatic heterocycles. The number of pyridine rings is 1. The van der Waals surface area contributed by atoms with Gasteiger partial charge in [0.15, 0.2) is 0 Å². The minimum Gasteiger partial charge on any atom is -0.357 e. The third kappa shape index (κ3) is 1.55. The van der Waals surface area contributed by atoms with Crippen LogP contribution in [0.3, 0.4) is 0 Å². The normalized spacial score (nSPS) is 17.4. The first kappa shape index (κ1) is 11.0. The Hall–Kier alpha value is -2.89. The second-order valence-corrected chi connectivity index (χ2v) is 4.63. The third-order valence-corrected chi connectivity index (χ3v) is 3.36. The van der Waals surface area contributed by atoms with Crippen LogP contribution in [-0.2, 0) is 0 Å². The largest absolute Gasteiger partial charge is 0.365 e. The van der Waals surface area contributed by atoms with Crippen molar-refractivity contribution in [2.45, 2.75) is 6.17 Å². The number of nitrogens with one attached hydrogen (secondary N) is 2. The van der Waals surface area contributed by atoms with E-state index in [4.69, 9.17) is 5.73 Å². The van der Waals surface area contributed by atoms with Crippen molar-refractivity contribution in [3.8, 4) is 0 Å². The minimum absolute atomic E-state index is 0.261. The van der Waals surface area contributed by atoms with Crippen LogP contribution in [0, 0.1) is 0 Å². The van der Waals surface area contributed by atoms with E-state index in [1.165, 1.54) is 0 Å². The number of benzene rings is 1. The van der Waals surface area contributed by atoms with Gasteiger partial charge in [-0.05, 0) is 24.3 Å². The molecule has 0 amide bonds. The molecule has 4 N–H and O–H groups in total. The molecule has 20 heavy (non-hydrogen) atoms. The Labute approximate surface area is 115 Å². The number of aromatic amines is 1. The number of guanidine groups is 1. The number of para-hydroxylation sites is 2. The van der Waals surface area contributed by atoms with Gasteiger partial charge in [0.1, 0.15) is 16.7 Å². The van der Waals surface area contributed by atoms with Crippen molar-refractivity contribution in [3.05, 3.63) is 54.4 Å². The molecule has 1 aliphatic rings. The molecular weight excluding hydrogens is 252 g/mol. The summed E-state index contributed by atoms with van der Waals surface area (Å²) in [5.41, 5.74) is 8.82. The van der Waals surface area contributed by atoms with Gasteiger partial charge < -0.3 is 5.73 Å². The SMILES string of the molecule is NC1=N[C@H](c2ccccn2)[n+]2c([nH]c3ccccc32)N1. The van der Waals surface area contributed by atoms with E-state index in [0.717, 1.165) is 22.7 Å². The molecule has 3 aromatic rings. The fraction of sp³-hybridized carbons (Fsp3) is 0.0714. The molecule has 4 rings (SSSR count). The number of imidazole rings is 1. The molecule has 0 saturated heterocycles. The summed E-state index contributed by atoms with van der Waals surface area (Å²) < 4.78 is 2.06. The Balaban J connectivity index is 1.98. The number of nitrogens with two attached hydrogens (primary N) is 1. The highest BCUT2D eigenvalue weighted by molar-refractivity contribution is 5.92. The maximum absolute atomic E-state index is 5.88. The minimum atomic E-state index is -0.261. The van der Waals surface area contributed by atoms with Crippen LogP contribution >= 0.6 is 0 Å². The van der Waals surface area contributed by atoms with Gasteiger partial charge in [-0.2, -0.15) is 9.56 Å². The van der Waals surface area contributed by atoms with E-state index in [1.54, 1.807) is 6.20 Å². The molecule has 0 saturated carbocycles. The van der Waals surface area contributed by atoms with E-state index >= 15 is 0 Å². The average Bonchev–Trinajstić information content (AvgIpc) is 2.85. The summed E-state index contributed by atoms with van der Waals surface area (Å²) in [5.74, 6) is 1.20. The molecular formula is C14H13N6+. The first-order valence-corrected chi connectivity index (χ1v) is 6.36. The smallest absolute Gasteiger partial charge is 0.357 e. The van der Waals surface area contributed by atoms with Crippen LogP contribution < -0.4 is 15.6 Å². The summed E-state index contributed by atoms with van der Waals surface area (Å²) in [7, 11) is 0. The van der Waals surface area contributed by atoms with Gasteiger partial charge >= 0.3 is 5.95 Å². The van der Waals surface area contributed by atoms with E-state index in [0.29, 0.717) is 5.96 Å². The van der Waals surface area contributed by atoms with Crippen molar-refractivity contribution in [2.75, 3.05) is 5.32 Å². The Morgan fingerprint density at radius 1 is 1.10 bits per heavy atom. The Morgan fingerprint density at radius 3 is 2.80 bits per heavy atom. The maximum Gasteiger partial charge on any atom is 0.365 e. The lowest BCUT2D eigenvalue weighted by Gasteiger charge is -2.17. The van der Waals surface area contributed by atoms with Crippen molar-refractivity contribution in [2.24, 2.45) is 10.7 Å². The van der Waals surface area contributed by atoms with E-state index in [2.05, 4.69) is 24.8 Å². The Morgan fingerprint density at radius 2 is 1.95 bits per heavy atom. The van der Waals surface area contributed by atoms with Gasteiger partial charge in [0.2, 0.25) is 6.17 Å². The number of fused-ring (bicyclic) bond motifs is 3. The van der Waals surface area contributed by atoms with Crippen LogP contribution in [0.25, 0.3) is 11.0 Å². The number of nitrogens with zero attached hydrogens (tertiary/aromatic N) is 3. The summed E-state index contributed by atoms with van der Waals surface area (Å²) in [6.45, 7) is 0. The van der Waals surface area contributed by atoms with Crippen molar-refractivity contribution in [1.82, 2.24) is 9.97 Å². The van der Waals surface area contributed by atoms with E-state index in [9.17, 15) is 0 Å². The van der Waals surface area contributed by atoms with Gasteiger partial charge in [-0.25, -0.2) is 10.3 Å². The molecule has 0 unspecified atom stereocenters. The van der Waals surface area contributed by atoms with Gasteiger partial charge in [0.05, 0.1) is 0 Å². The summed E-state index contributed by atoms with van der Waals surface area (Å²) >= 11 is 0. The number of aromatic nitrogens is 3. The van der Waals surface area contributed by atoms with Crippen LogP contribution in [0.4, 0.5) is 5.95 Å². The van der Waals surface area contributed by atoms with Gasteiger partial charge in [-0.3, -0.25) is 4.98 Å². The van der Waals surface area contributed by atoms with Crippen LogP contribution in [0.15, 0.2) is 53.7 Å². The summed E-state index contributed by atoms with van der Waals surface area (Å²) in [4.78, 5) is 12.2. The lowest BCUT2D eigenvalue weighted by molar-refractivity contribution is -0.675. The molecule has 6 nitrogen and oxygen atoms in total. The van der Waals surface area contributed by atoms with Gasteiger partial charge in [0, 0.05) is 6.20 Å². The summed E-state index contributed by atoms with van der Waals surface area (Å²) in [6, 6.07) is 13.8. The van der Waals surface area contributed by atoms with Gasteiger partial charge in [-0.1, -0.05) is 18.2 Å². The number of hydrogen-bond acceptors (Lipinski definition) is 4.